The second kappa shape index (κ2) is 4.50. The Kier molecular flexibility index (Phi) is 2.94. The highest BCUT2D eigenvalue weighted by Gasteiger charge is 2.53. The van der Waals surface area contributed by atoms with Crippen molar-refractivity contribution in [3.63, 3.8) is 0 Å². The lowest BCUT2D eigenvalue weighted by molar-refractivity contribution is 0.208. The van der Waals surface area contributed by atoms with Crippen molar-refractivity contribution < 1.29 is 0 Å². The van der Waals surface area contributed by atoms with Crippen molar-refractivity contribution in [1.82, 2.24) is 5.32 Å². The van der Waals surface area contributed by atoms with Crippen LogP contribution in [0.1, 0.15) is 37.0 Å². The molecule has 0 radical (unpaired) electrons. The third-order valence-electron chi connectivity index (χ3n) is 5.59. The van der Waals surface area contributed by atoms with Gasteiger partial charge >= 0.3 is 0 Å². The SMILES string of the molecule is Clc1csc(CNC2CC3CC2C2CCCC32)c1. The minimum Gasteiger partial charge on any atom is -0.309 e. The summed E-state index contributed by atoms with van der Waals surface area (Å²) in [4.78, 5) is 1.38. The van der Waals surface area contributed by atoms with Crippen LogP contribution in [-0.2, 0) is 6.54 Å². The van der Waals surface area contributed by atoms with Gasteiger partial charge in [-0.05, 0) is 55.4 Å². The van der Waals surface area contributed by atoms with Crippen LogP contribution in [0.25, 0.3) is 0 Å². The van der Waals surface area contributed by atoms with Crippen LogP contribution in [0, 0.1) is 23.7 Å². The molecule has 3 aliphatic rings. The molecule has 0 aromatic carbocycles. The first-order valence-corrected chi connectivity index (χ1v) is 8.53. The molecule has 18 heavy (non-hydrogen) atoms. The van der Waals surface area contributed by atoms with Crippen LogP contribution in [0.4, 0.5) is 0 Å². The molecule has 5 unspecified atom stereocenters. The summed E-state index contributed by atoms with van der Waals surface area (Å²) in [5.41, 5.74) is 0. The summed E-state index contributed by atoms with van der Waals surface area (Å²) < 4.78 is 0. The van der Waals surface area contributed by atoms with E-state index in [0.29, 0.717) is 0 Å². The van der Waals surface area contributed by atoms with Crippen molar-refractivity contribution >= 4 is 22.9 Å². The molecule has 3 heteroatoms. The molecule has 1 aromatic rings. The van der Waals surface area contributed by atoms with Gasteiger partial charge in [0.2, 0.25) is 0 Å². The molecule has 2 bridgehead atoms. The van der Waals surface area contributed by atoms with Crippen LogP contribution >= 0.6 is 22.9 Å². The topological polar surface area (TPSA) is 12.0 Å². The molecule has 4 rings (SSSR count). The maximum atomic E-state index is 5.97. The molecule has 3 aliphatic carbocycles. The fraction of sp³-hybridized carbons (Fsp3) is 0.733. The van der Waals surface area contributed by atoms with E-state index in [4.69, 9.17) is 11.6 Å². The summed E-state index contributed by atoms with van der Waals surface area (Å²) in [6.07, 6.45) is 7.48. The van der Waals surface area contributed by atoms with Gasteiger partial charge in [0.1, 0.15) is 0 Å². The Hall–Kier alpha value is -0.0500. The second-order valence-corrected chi connectivity index (χ2v) is 7.80. The van der Waals surface area contributed by atoms with Gasteiger partial charge < -0.3 is 5.32 Å². The normalized spacial score (nSPS) is 41.5. The first-order chi connectivity index (χ1) is 8.81. The Morgan fingerprint density at radius 2 is 2.11 bits per heavy atom. The van der Waals surface area contributed by atoms with E-state index in [0.717, 1.165) is 41.3 Å². The standard InChI is InChI=1S/C15H20ClNS/c16-10-6-11(18-8-10)7-17-15-5-9-4-14(15)13-3-1-2-12(9)13/h6,8-9,12-15,17H,1-5,7H2. The molecule has 0 amide bonds. The van der Waals surface area contributed by atoms with Crippen LogP contribution in [0.2, 0.25) is 5.02 Å². The van der Waals surface area contributed by atoms with Crippen molar-refractivity contribution in [2.24, 2.45) is 23.7 Å². The zero-order valence-corrected chi connectivity index (χ0v) is 12.1. The summed E-state index contributed by atoms with van der Waals surface area (Å²) in [5, 5.41) is 6.73. The monoisotopic (exact) mass is 281 g/mol. The number of nitrogens with one attached hydrogen (secondary N) is 1. The molecule has 5 atom stereocenters. The molecular weight excluding hydrogens is 262 g/mol. The smallest absolute Gasteiger partial charge is 0.0516 e. The van der Waals surface area contributed by atoms with Crippen LogP contribution in [0.5, 0.6) is 0 Å². The van der Waals surface area contributed by atoms with Crippen molar-refractivity contribution in [3.8, 4) is 0 Å². The van der Waals surface area contributed by atoms with E-state index < -0.39 is 0 Å². The molecule has 3 fully saturated rings. The van der Waals surface area contributed by atoms with Gasteiger partial charge in [-0.2, -0.15) is 0 Å². The zero-order valence-electron chi connectivity index (χ0n) is 10.6. The van der Waals surface area contributed by atoms with E-state index in [1.165, 1.54) is 37.0 Å². The number of hydrogen-bond acceptors (Lipinski definition) is 2. The Bertz CT molecular complexity index is 443. The molecule has 3 saturated carbocycles. The third-order valence-corrected chi connectivity index (χ3v) is 6.87. The second-order valence-electron chi connectivity index (χ2n) is 6.37. The maximum absolute atomic E-state index is 5.97. The lowest BCUT2D eigenvalue weighted by atomic mass is 9.79. The predicted molar refractivity (Wildman–Crippen MR) is 77.0 cm³/mol. The van der Waals surface area contributed by atoms with Crippen LogP contribution in [0.15, 0.2) is 11.4 Å². The van der Waals surface area contributed by atoms with E-state index >= 15 is 0 Å². The summed E-state index contributed by atoms with van der Waals surface area (Å²) in [5.74, 6) is 4.20. The molecule has 1 heterocycles. The van der Waals surface area contributed by atoms with Gasteiger partial charge in [-0.1, -0.05) is 18.0 Å². The highest BCUT2D eigenvalue weighted by Crippen LogP contribution is 2.58. The molecular formula is C15H20ClNS. The molecule has 1 N–H and O–H groups in total. The Morgan fingerprint density at radius 1 is 1.22 bits per heavy atom. The lowest BCUT2D eigenvalue weighted by Crippen LogP contribution is -2.38. The van der Waals surface area contributed by atoms with E-state index in [-0.39, 0.29) is 0 Å². The number of fused-ring (bicyclic) bond motifs is 5. The Labute approximate surface area is 118 Å². The van der Waals surface area contributed by atoms with Crippen LogP contribution < -0.4 is 5.32 Å². The summed E-state index contributed by atoms with van der Waals surface area (Å²) in [6.45, 7) is 1.02. The number of halogens is 1. The quantitative estimate of drug-likeness (QED) is 0.870. The van der Waals surface area contributed by atoms with Crippen molar-refractivity contribution in [1.29, 1.82) is 0 Å². The first kappa shape index (κ1) is 11.7. The van der Waals surface area contributed by atoms with Gasteiger partial charge in [-0.3, -0.25) is 0 Å². The molecule has 0 aliphatic heterocycles. The minimum absolute atomic E-state index is 0.787. The average molecular weight is 282 g/mol. The van der Waals surface area contributed by atoms with E-state index in [2.05, 4.69) is 11.4 Å². The van der Waals surface area contributed by atoms with Gasteiger partial charge in [0.05, 0.1) is 5.02 Å². The van der Waals surface area contributed by atoms with Crippen LogP contribution in [0.3, 0.4) is 0 Å². The highest BCUT2D eigenvalue weighted by atomic mass is 35.5. The minimum atomic E-state index is 0.787. The zero-order chi connectivity index (χ0) is 12.1. The summed E-state index contributed by atoms with van der Waals surface area (Å²) in [7, 11) is 0. The van der Waals surface area contributed by atoms with Crippen molar-refractivity contribution in [2.45, 2.75) is 44.7 Å². The molecule has 0 saturated heterocycles. The average Bonchev–Trinajstić information content (AvgIpc) is 3.08. The van der Waals surface area contributed by atoms with Gasteiger partial charge in [0.15, 0.2) is 0 Å². The van der Waals surface area contributed by atoms with Crippen molar-refractivity contribution in [2.75, 3.05) is 0 Å². The van der Waals surface area contributed by atoms with Crippen molar-refractivity contribution in [3.05, 3.63) is 21.3 Å². The number of thiophene rings is 1. The molecule has 0 spiro atoms. The van der Waals surface area contributed by atoms with E-state index in [9.17, 15) is 0 Å². The summed E-state index contributed by atoms with van der Waals surface area (Å²) in [6, 6.07) is 2.89. The van der Waals surface area contributed by atoms with E-state index in [1.807, 2.05) is 5.38 Å². The third kappa shape index (κ3) is 1.85. The largest absolute Gasteiger partial charge is 0.309 e. The van der Waals surface area contributed by atoms with Gasteiger partial charge in [0.25, 0.3) is 0 Å². The number of hydrogen-bond donors (Lipinski definition) is 1. The fourth-order valence-corrected chi connectivity index (χ4v) is 6.00. The Balaban J connectivity index is 1.39. The number of rotatable bonds is 3. The van der Waals surface area contributed by atoms with Gasteiger partial charge in [0, 0.05) is 22.8 Å². The fourth-order valence-electron chi connectivity index (χ4n) is 4.98. The Morgan fingerprint density at radius 3 is 2.94 bits per heavy atom. The molecule has 98 valence electrons. The lowest BCUT2D eigenvalue weighted by Gasteiger charge is -2.32. The molecule has 1 aromatic heterocycles. The van der Waals surface area contributed by atoms with Gasteiger partial charge in [-0.25, -0.2) is 0 Å². The van der Waals surface area contributed by atoms with Crippen LogP contribution in [-0.4, -0.2) is 6.04 Å². The first-order valence-electron chi connectivity index (χ1n) is 7.27. The predicted octanol–water partition coefficient (Wildman–Crippen LogP) is 4.32. The summed E-state index contributed by atoms with van der Waals surface area (Å²) >= 11 is 7.75. The highest BCUT2D eigenvalue weighted by molar-refractivity contribution is 7.10. The molecule has 1 nitrogen and oxygen atoms in total. The maximum Gasteiger partial charge on any atom is 0.0516 e. The van der Waals surface area contributed by atoms with E-state index in [1.54, 1.807) is 11.3 Å². The van der Waals surface area contributed by atoms with Gasteiger partial charge in [-0.15, -0.1) is 11.3 Å².